The molecule has 0 aliphatic carbocycles. The van der Waals surface area contributed by atoms with E-state index in [9.17, 15) is 18.4 Å². The summed E-state index contributed by atoms with van der Waals surface area (Å²) < 4.78 is 28.6. The number of nitrogens with zero attached hydrogens (tertiary/aromatic N) is 4. The zero-order chi connectivity index (χ0) is 20.4. The molecule has 2 aromatic carbocycles. The Morgan fingerprint density at radius 2 is 1.66 bits per heavy atom. The van der Waals surface area contributed by atoms with Crippen molar-refractivity contribution in [3.63, 3.8) is 0 Å². The molecule has 1 amide bonds. The predicted octanol–water partition coefficient (Wildman–Crippen LogP) is 2.18. The number of benzene rings is 2. The molecule has 0 bridgehead atoms. The van der Waals surface area contributed by atoms with Crippen LogP contribution in [0.4, 0.5) is 8.78 Å². The minimum atomic E-state index is -0.416. The van der Waals surface area contributed by atoms with Crippen LogP contribution in [-0.4, -0.2) is 25.2 Å². The lowest BCUT2D eigenvalue weighted by atomic mass is 10.2. The highest BCUT2D eigenvalue weighted by molar-refractivity contribution is 5.77. The average molecular weight is 395 g/mol. The van der Waals surface area contributed by atoms with Gasteiger partial charge >= 0.3 is 0 Å². The van der Waals surface area contributed by atoms with Gasteiger partial charge in [-0.05, 0) is 42.0 Å². The maximum atomic E-state index is 13.1. The number of halogens is 2. The number of carbonyl (C=O) groups is 1. The van der Waals surface area contributed by atoms with Crippen LogP contribution in [0.1, 0.15) is 5.56 Å². The van der Waals surface area contributed by atoms with Gasteiger partial charge in [-0.1, -0.05) is 12.1 Å². The fourth-order valence-corrected chi connectivity index (χ4v) is 2.85. The van der Waals surface area contributed by atoms with Gasteiger partial charge in [-0.15, -0.1) is 0 Å². The van der Waals surface area contributed by atoms with Crippen molar-refractivity contribution in [2.24, 2.45) is 0 Å². The summed E-state index contributed by atoms with van der Waals surface area (Å²) in [6.07, 6.45) is 2.63. The molecule has 0 spiro atoms. The maximum absolute atomic E-state index is 13.1. The van der Waals surface area contributed by atoms with Crippen LogP contribution in [0.25, 0.3) is 16.7 Å². The van der Waals surface area contributed by atoms with Crippen LogP contribution in [0, 0.1) is 11.6 Å². The van der Waals surface area contributed by atoms with Gasteiger partial charge in [-0.25, -0.2) is 18.4 Å². The van der Waals surface area contributed by atoms with E-state index >= 15 is 0 Å². The van der Waals surface area contributed by atoms with Crippen molar-refractivity contribution in [1.29, 1.82) is 0 Å². The van der Waals surface area contributed by atoms with E-state index in [1.165, 1.54) is 58.2 Å². The van der Waals surface area contributed by atoms with Crippen molar-refractivity contribution in [2.75, 3.05) is 0 Å². The molecule has 146 valence electrons. The molecule has 4 rings (SSSR count). The van der Waals surface area contributed by atoms with Crippen LogP contribution in [0.15, 0.2) is 65.8 Å². The quantitative estimate of drug-likeness (QED) is 0.562. The van der Waals surface area contributed by atoms with Gasteiger partial charge in [0.2, 0.25) is 5.91 Å². The first kappa shape index (κ1) is 18.5. The molecule has 0 saturated carbocycles. The first-order chi connectivity index (χ1) is 14.0. The second-order valence-electron chi connectivity index (χ2n) is 6.35. The number of hydrogen-bond donors (Lipinski definition) is 1. The first-order valence-electron chi connectivity index (χ1n) is 8.71. The van der Waals surface area contributed by atoms with E-state index in [1.54, 1.807) is 12.1 Å². The zero-order valence-corrected chi connectivity index (χ0v) is 15.0. The first-order valence-corrected chi connectivity index (χ1v) is 8.71. The summed E-state index contributed by atoms with van der Waals surface area (Å²) in [6, 6.07) is 11.4. The van der Waals surface area contributed by atoms with Crippen LogP contribution >= 0.6 is 0 Å². The van der Waals surface area contributed by atoms with Crippen LogP contribution in [0.2, 0.25) is 0 Å². The van der Waals surface area contributed by atoms with Crippen molar-refractivity contribution < 1.29 is 13.6 Å². The molecule has 1 N–H and O–H groups in total. The van der Waals surface area contributed by atoms with Crippen molar-refractivity contribution in [1.82, 2.24) is 24.6 Å². The largest absolute Gasteiger partial charge is 0.350 e. The Kier molecular flexibility index (Phi) is 4.86. The smallest absolute Gasteiger partial charge is 0.264 e. The number of rotatable bonds is 5. The van der Waals surface area contributed by atoms with Gasteiger partial charge in [0, 0.05) is 6.54 Å². The Bertz CT molecular complexity index is 1230. The molecule has 2 aromatic heterocycles. The lowest BCUT2D eigenvalue weighted by Gasteiger charge is -2.08. The van der Waals surface area contributed by atoms with Gasteiger partial charge in [0.05, 0.1) is 11.9 Å². The molecule has 29 heavy (non-hydrogen) atoms. The van der Waals surface area contributed by atoms with E-state index in [0.717, 1.165) is 5.56 Å². The fourth-order valence-electron chi connectivity index (χ4n) is 2.85. The van der Waals surface area contributed by atoms with Gasteiger partial charge in [-0.3, -0.25) is 14.2 Å². The summed E-state index contributed by atoms with van der Waals surface area (Å²) >= 11 is 0. The number of hydrogen-bond acceptors (Lipinski definition) is 4. The molecule has 7 nitrogen and oxygen atoms in total. The van der Waals surface area contributed by atoms with Gasteiger partial charge in [0.25, 0.3) is 5.56 Å². The molecule has 0 saturated heterocycles. The summed E-state index contributed by atoms with van der Waals surface area (Å²) in [6.45, 7) is -0.00324. The lowest BCUT2D eigenvalue weighted by Crippen LogP contribution is -2.32. The monoisotopic (exact) mass is 395 g/mol. The van der Waals surface area contributed by atoms with Crippen LogP contribution in [0.3, 0.4) is 0 Å². The fraction of sp³-hybridized carbons (Fsp3) is 0.100. The minimum absolute atomic E-state index is 0.214. The normalized spacial score (nSPS) is 11.0. The SMILES string of the molecule is O=C(Cn1cnc2c(cnn2-c2ccc(F)cc2)c1=O)NCc1ccc(F)cc1. The number of fused-ring (bicyclic) bond motifs is 1. The zero-order valence-electron chi connectivity index (χ0n) is 15.0. The standard InChI is InChI=1S/C20H15F2N5O2/c21-14-3-1-13(2-4-14)9-23-18(28)11-26-12-24-19-17(20(26)29)10-25-27(19)16-7-5-15(22)6-8-16/h1-8,10,12H,9,11H2,(H,23,28). The molecular weight excluding hydrogens is 380 g/mol. The highest BCUT2D eigenvalue weighted by atomic mass is 19.1. The average Bonchev–Trinajstić information content (AvgIpc) is 3.15. The van der Waals surface area contributed by atoms with E-state index in [4.69, 9.17) is 0 Å². The second-order valence-corrected chi connectivity index (χ2v) is 6.35. The van der Waals surface area contributed by atoms with E-state index in [-0.39, 0.29) is 36.0 Å². The maximum Gasteiger partial charge on any atom is 0.264 e. The summed E-state index contributed by atoms with van der Waals surface area (Å²) in [5.41, 5.74) is 1.19. The van der Waals surface area contributed by atoms with E-state index in [0.29, 0.717) is 11.3 Å². The van der Waals surface area contributed by atoms with Gasteiger partial charge < -0.3 is 5.32 Å². The van der Waals surface area contributed by atoms with Gasteiger partial charge in [0.15, 0.2) is 5.65 Å². The third kappa shape index (κ3) is 3.88. The van der Waals surface area contributed by atoms with Gasteiger partial charge in [0.1, 0.15) is 29.9 Å². The molecule has 2 heterocycles. The minimum Gasteiger partial charge on any atom is -0.350 e. The van der Waals surface area contributed by atoms with Crippen molar-refractivity contribution in [3.8, 4) is 5.69 Å². The molecule has 0 atom stereocenters. The van der Waals surface area contributed by atoms with Crippen LogP contribution < -0.4 is 10.9 Å². The lowest BCUT2D eigenvalue weighted by molar-refractivity contribution is -0.121. The Hall–Kier alpha value is -3.88. The molecule has 0 aliphatic heterocycles. The molecular formula is C20H15F2N5O2. The molecule has 4 aromatic rings. The third-order valence-corrected chi connectivity index (χ3v) is 4.34. The Labute approximate surface area is 163 Å². The summed E-state index contributed by atoms with van der Waals surface area (Å²) in [5, 5.41) is 7.06. The molecule has 0 fully saturated rings. The van der Waals surface area contributed by atoms with Gasteiger partial charge in [-0.2, -0.15) is 5.10 Å². The van der Waals surface area contributed by atoms with Crippen molar-refractivity contribution in [3.05, 3.63) is 88.6 Å². The summed E-state index contributed by atoms with van der Waals surface area (Å²) in [5.74, 6) is -1.12. The number of carbonyl (C=O) groups excluding carboxylic acids is 1. The molecule has 0 unspecified atom stereocenters. The van der Waals surface area contributed by atoms with Crippen LogP contribution in [0.5, 0.6) is 0 Å². The number of aromatic nitrogens is 4. The topological polar surface area (TPSA) is 81.8 Å². The molecule has 9 heteroatoms. The predicted molar refractivity (Wildman–Crippen MR) is 101 cm³/mol. The summed E-state index contributed by atoms with van der Waals surface area (Å²) in [4.78, 5) is 29.1. The number of nitrogens with one attached hydrogen (secondary N) is 1. The van der Waals surface area contributed by atoms with E-state index in [2.05, 4.69) is 15.4 Å². The van der Waals surface area contributed by atoms with E-state index in [1.807, 2.05) is 0 Å². The summed E-state index contributed by atoms with van der Waals surface area (Å²) in [7, 11) is 0. The molecule has 0 aliphatic rings. The Morgan fingerprint density at radius 1 is 1.00 bits per heavy atom. The Balaban J connectivity index is 1.52. The third-order valence-electron chi connectivity index (χ3n) is 4.34. The van der Waals surface area contributed by atoms with Crippen LogP contribution in [-0.2, 0) is 17.9 Å². The highest BCUT2D eigenvalue weighted by Crippen LogP contribution is 2.14. The van der Waals surface area contributed by atoms with Crippen molar-refractivity contribution >= 4 is 16.9 Å². The molecule has 0 radical (unpaired) electrons. The van der Waals surface area contributed by atoms with Crippen molar-refractivity contribution in [2.45, 2.75) is 13.1 Å². The van der Waals surface area contributed by atoms with E-state index < -0.39 is 5.56 Å². The Morgan fingerprint density at radius 3 is 2.34 bits per heavy atom. The highest BCUT2D eigenvalue weighted by Gasteiger charge is 2.13. The number of amides is 1. The second kappa shape index (κ2) is 7.63.